The van der Waals surface area contributed by atoms with Crippen molar-refractivity contribution in [3.63, 3.8) is 0 Å². The Morgan fingerprint density at radius 2 is 1.81 bits per heavy atom. The summed E-state index contributed by atoms with van der Waals surface area (Å²) < 4.78 is 18.2. The fourth-order valence-corrected chi connectivity index (χ4v) is 4.30. The normalized spacial score (nSPS) is 20.9. The molecule has 0 saturated carbocycles. The van der Waals surface area contributed by atoms with Gasteiger partial charge in [-0.1, -0.05) is 6.08 Å². The smallest absolute Gasteiger partial charge is 0.245 e. The molecule has 2 aromatic rings. The minimum absolute atomic E-state index is 0.226. The van der Waals surface area contributed by atoms with Crippen LogP contribution in [0.5, 0.6) is 17.2 Å². The Balaban J connectivity index is 1.45. The van der Waals surface area contributed by atoms with E-state index in [1.165, 1.54) is 12.8 Å². The first-order chi connectivity index (χ1) is 15.7. The largest absolute Gasteiger partial charge is 0.493 e. The van der Waals surface area contributed by atoms with Crippen molar-refractivity contribution < 1.29 is 14.2 Å². The molecule has 3 aliphatic rings. The van der Waals surface area contributed by atoms with E-state index in [0.29, 0.717) is 29.0 Å². The van der Waals surface area contributed by atoms with Crippen molar-refractivity contribution in [2.45, 2.75) is 25.3 Å². The van der Waals surface area contributed by atoms with Crippen molar-refractivity contribution in [2.75, 3.05) is 34.4 Å². The highest BCUT2D eigenvalue weighted by molar-refractivity contribution is 6.01. The molecule has 1 fully saturated rings. The van der Waals surface area contributed by atoms with Crippen LogP contribution in [0.15, 0.2) is 46.9 Å². The lowest BCUT2D eigenvalue weighted by molar-refractivity contribution is 0.287. The molecule has 0 spiro atoms. The number of likely N-dealkylation sites (tertiary alicyclic amines) is 1. The summed E-state index contributed by atoms with van der Waals surface area (Å²) in [7, 11) is 4.77. The van der Waals surface area contributed by atoms with Gasteiger partial charge in [-0.3, -0.25) is 10.4 Å². The summed E-state index contributed by atoms with van der Waals surface area (Å²) in [5.74, 6) is 3.85. The molecule has 1 N–H and O–H groups in total. The molecule has 0 radical (unpaired) electrons. The van der Waals surface area contributed by atoms with Gasteiger partial charge in [0.15, 0.2) is 17.3 Å². The van der Waals surface area contributed by atoms with Gasteiger partial charge in [0.2, 0.25) is 11.7 Å². The maximum absolute atomic E-state index is 5.46. The maximum Gasteiger partial charge on any atom is 0.245 e. The van der Waals surface area contributed by atoms with Crippen LogP contribution in [0, 0.1) is 0 Å². The number of guanidine groups is 1. The van der Waals surface area contributed by atoms with E-state index in [-0.39, 0.29) is 6.04 Å². The third-order valence-corrected chi connectivity index (χ3v) is 5.88. The highest BCUT2D eigenvalue weighted by Gasteiger charge is 2.34. The lowest BCUT2D eigenvalue weighted by atomic mass is 10.2. The second-order valence-electron chi connectivity index (χ2n) is 7.78. The molecule has 1 atom stereocenters. The van der Waals surface area contributed by atoms with E-state index in [9.17, 15) is 0 Å². The molecule has 4 heterocycles. The number of aromatic nitrogens is 2. The molecular weight excluding hydrogens is 410 g/mol. The van der Waals surface area contributed by atoms with E-state index in [4.69, 9.17) is 19.2 Å². The molecule has 3 aliphatic heterocycles. The molecule has 5 rings (SSSR count). The molecule has 10 nitrogen and oxygen atoms in total. The van der Waals surface area contributed by atoms with Crippen LogP contribution in [0.4, 0.5) is 5.82 Å². The van der Waals surface area contributed by atoms with Crippen LogP contribution >= 0.6 is 0 Å². The van der Waals surface area contributed by atoms with Crippen LogP contribution in [0.1, 0.15) is 19.3 Å². The molecule has 1 aromatic carbocycles. The minimum atomic E-state index is 0.226. The number of benzene rings is 1. The zero-order valence-corrected chi connectivity index (χ0v) is 18.5. The van der Waals surface area contributed by atoms with Gasteiger partial charge < -0.3 is 23.7 Å². The van der Waals surface area contributed by atoms with Crippen LogP contribution < -0.4 is 19.6 Å². The van der Waals surface area contributed by atoms with E-state index in [0.717, 1.165) is 31.0 Å². The van der Waals surface area contributed by atoms with Gasteiger partial charge in [0.25, 0.3) is 0 Å². The highest BCUT2D eigenvalue weighted by atomic mass is 16.5. The lowest BCUT2D eigenvalue weighted by Gasteiger charge is -2.35. The van der Waals surface area contributed by atoms with Crippen molar-refractivity contribution in [3.8, 4) is 22.9 Å². The average Bonchev–Trinajstić information content (AvgIpc) is 3.59. The number of nitrogens with one attached hydrogen (secondary N) is 1. The number of imidazole rings is 1. The third kappa shape index (κ3) is 3.61. The van der Waals surface area contributed by atoms with Crippen LogP contribution in [0.3, 0.4) is 0 Å². The second kappa shape index (κ2) is 8.45. The summed E-state index contributed by atoms with van der Waals surface area (Å²) >= 11 is 0. The van der Waals surface area contributed by atoms with Crippen molar-refractivity contribution in [1.82, 2.24) is 24.9 Å². The van der Waals surface area contributed by atoms with E-state index in [1.807, 2.05) is 22.9 Å². The maximum atomic E-state index is 5.46. The monoisotopic (exact) mass is 437 g/mol. The lowest BCUT2D eigenvalue weighted by Crippen LogP contribution is -2.55. The van der Waals surface area contributed by atoms with Crippen LogP contribution in [-0.4, -0.2) is 71.7 Å². The van der Waals surface area contributed by atoms with Gasteiger partial charge in [0.05, 0.1) is 33.2 Å². The standard InChI is InChI=1S/C22H27N7O3/c1-30-17-11-15(12-18(31-2)20(17)32-3)28-13-19(23-14-28)24-22-25-21(27-8-4-5-9-27)16-7-6-10-29(16)26-22/h6,10-14,16H,4-5,7-9H2,1-3H3,(H,24,26). The number of hydrogen-bond donors (Lipinski definition) is 1. The Morgan fingerprint density at radius 1 is 1.06 bits per heavy atom. The number of amidine groups is 1. The highest BCUT2D eigenvalue weighted by Crippen LogP contribution is 2.39. The number of hydrazine groups is 1. The van der Waals surface area contributed by atoms with Crippen molar-refractivity contribution in [1.29, 1.82) is 0 Å². The van der Waals surface area contributed by atoms with Crippen LogP contribution in [-0.2, 0) is 0 Å². The van der Waals surface area contributed by atoms with E-state index < -0.39 is 0 Å². The fraction of sp³-hybridized carbons (Fsp3) is 0.409. The molecule has 0 aliphatic carbocycles. The number of hydrogen-bond acceptors (Lipinski definition) is 7. The Bertz CT molecular complexity index is 1060. The van der Waals surface area contributed by atoms with Gasteiger partial charge in [-0.2, -0.15) is 9.98 Å². The van der Waals surface area contributed by atoms with Gasteiger partial charge in [-0.25, -0.2) is 4.98 Å². The van der Waals surface area contributed by atoms with E-state index >= 15 is 0 Å². The quantitative estimate of drug-likeness (QED) is 0.769. The molecule has 1 saturated heterocycles. The van der Waals surface area contributed by atoms with E-state index in [1.54, 1.807) is 27.7 Å². The average molecular weight is 438 g/mol. The molecule has 0 bridgehead atoms. The SMILES string of the molecule is COc1cc(-n2cnc(N=C3N=C(N4CCCC4)C4CC=CN4N3)c2)cc(OC)c1OC. The number of aliphatic imine (C=N–C) groups is 2. The first kappa shape index (κ1) is 20.2. The molecule has 10 heteroatoms. The first-order valence-electron chi connectivity index (χ1n) is 10.7. The Kier molecular flexibility index (Phi) is 5.34. The van der Waals surface area contributed by atoms with Gasteiger partial charge in [-0.05, 0) is 19.3 Å². The summed E-state index contributed by atoms with van der Waals surface area (Å²) in [6.45, 7) is 2.10. The first-order valence-corrected chi connectivity index (χ1v) is 10.7. The second-order valence-corrected chi connectivity index (χ2v) is 7.78. The molecule has 1 unspecified atom stereocenters. The zero-order chi connectivity index (χ0) is 22.1. The van der Waals surface area contributed by atoms with Gasteiger partial charge in [0, 0.05) is 31.4 Å². The van der Waals surface area contributed by atoms with E-state index in [2.05, 4.69) is 37.6 Å². The minimum Gasteiger partial charge on any atom is -0.493 e. The van der Waals surface area contributed by atoms with Crippen LogP contribution in [0.25, 0.3) is 5.69 Å². The summed E-state index contributed by atoms with van der Waals surface area (Å²) in [6.07, 6.45) is 11.1. The Hall–Kier alpha value is -3.69. The fourth-order valence-electron chi connectivity index (χ4n) is 4.30. The van der Waals surface area contributed by atoms with Gasteiger partial charge in [0.1, 0.15) is 18.2 Å². The van der Waals surface area contributed by atoms with Crippen molar-refractivity contribution in [2.24, 2.45) is 9.98 Å². The van der Waals surface area contributed by atoms with Crippen molar-refractivity contribution >= 4 is 17.6 Å². The number of methoxy groups -OCH3 is 3. The van der Waals surface area contributed by atoms with Gasteiger partial charge >= 0.3 is 0 Å². The molecule has 0 amide bonds. The molecule has 168 valence electrons. The number of rotatable bonds is 5. The number of nitrogens with zero attached hydrogens (tertiary/aromatic N) is 6. The number of fused-ring (bicyclic) bond motifs is 1. The molecular formula is C22H27N7O3. The van der Waals surface area contributed by atoms with Crippen LogP contribution in [0.2, 0.25) is 0 Å². The number of ether oxygens (including phenoxy) is 3. The molecule has 32 heavy (non-hydrogen) atoms. The summed E-state index contributed by atoms with van der Waals surface area (Å²) in [4.78, 5) is 16.3. The third-order valence-electron chi connectivity index (χ3n) is 5.88. The topological polar surface area (TPSA) is 88.7 Å². The Morgan fingerprint density at radius 3 is 2.50 bits per heavy atom. The van der Waals surface area contributed by atoms with Gasteiger partial charge in [-0.15, -0.1) is 0 Å². The predicted molar refractivity (Wildman–Crippen MR) is 121 cm³/mol. The predicted octanol–water partition coefficient (Wildman–Crippen LogP) is 2.49. The Labute approximate surface area is 186 Å². The summed E-state index contributed by atoms with van der Waals surface area (Å²) in [5.41, 5.74) is 4.11. The molecule has 1 aromatic heterocycles. The summed E-state index contributed by atoms with van der Waals surface area (Å²) in [6, 6.07) is 3.95. The zero-order valence-electron chi connectivity index (χ0n) is 18.5. The van der Waals surface area contributed by atoms with Crippen molar-refractivity contribution in [3.05, 3.63) is 36.9 Å². The summed E-state index contributed by atoms with van der Waals surface area (Å²) in [5, 5.41) is 2.08.